The van der Waals surface area contributed by atoms with Crippen LogP contribution >= 0.6 is 0 Å². The van der Waals surface area contributed by atoms with E-state index < -0.39 is 0 Å². The molecule has 3 amide bonds. The summed E-state index contributed by atoms with van der Waals surface area (Å²) in [6.45, 7) is 13.0. The van der Waals surface area contributed by atoms with E-state index in [0.29, 0.717) is 25.2 Å². The maximum atomic E-state index is 12.6. The molecule has 2 N–H and O–H groups in total. The number of carbonyl (C=O) groups excluding carboxylic acids is 3. The molecular formula is C22H35N4O3+. The first-order valence-electron chi connectivity index (χ1n) is 10.2. The van der Waals surface area contributed by atoms with Crippen LogP contribution in [0.3, 0.4) is 0 Å². The highest BCUT2D eigenvalue weighted by atomic mass is 16.2. The smallest absolute Gasteiger partial charge is 0.275 e. The Kier molecular flexibility index (Phi) is 7.41. The van der Waals surface area contributed by atoms with Crippen LogP contribution in [0.25, 0.3) is 0 Å². The maximum absolute atomic E-state index is 12.6. The van der Waals surface area contributed by atoms with Gasteiger partial charge in [0.15, 0.2) is 6.54 Å². The molecule has 1 aliphatic rings. The molecule has 0 unspecified atom stereocenters. The molecule has 1 fully saturated rings. The second-order valence-electron chi connectivity index (χ2n) is 9.07. The average molecular weight is 404 g/mol. The highest BCUT2D eigenvalue weighted by Gasteiger charge is 2.27. The lowest BCUT2D eigenvalue weighted by Gasteiger charge is -2.33. The van der Waals surface area contributed by atoms with Crippen LogP contribution in [0.1, 0.15) is 42.3 Å². The van der Waals surface area contributed by atoms with Gasteiger partial charge in [0.2, 0.25) is 5.91 Å². The van der Waals surface area contributed by atoms with Gasteiger partial charge in [-0.3, -0.25) is 14.4 Å². The molecule has 0 bridgehead atoms. The summed E-state index contributed by atoms with van der Waals surface area (Å²) < 4.78 is 0. The first kappa shape index (κ1) is 22.9. The van der Waals surface area contributed by atoms with Gasteiger partial charge in [0.1, 0.15) is 0 Å². The van der Waals surface area contributed by atoms with Crippen molar-refractivity contribution in [1.29, 1.82) is 0 Å². The molecule has 1 aromatic rings. The number of aryl methyl sites for hydroxylation is 2. The Labute approximate surface area is 174 Å². The molecule has 1 heterocycles. The Morgan fingerprint density at radius 1 is 1.10 bits per heavy atom. The van der Waals surface area contributed by atoms with E-state index in [1.54, 1.807) is 18.0 Å². The summed E-state index contributed by atoms with van der Waals surface area (Å²) in [5.74, 6) is -0.168. The molecule has 1 aromatic carbocycles. The third-order valence-corrected chi connectivity index (χ3v) is 5.22. The lowest BCUT2D eigenvalue weighted by Crippen LogP contribution is -3.16. The van der Waals surface area contributed by atoms with Gasteiger partial charge in [-0.15, -0.1) is 0 Å². The molecule has 160 valence electrons. The molecule has 0 saturated carbocycles. The van der Waals surface area contributed by atoms with E-state index in [0.717, 1.165) is 24.2 Å². The number of nitrogens with zero attached hydrogens (tertiary/aromatic N) is 2. The van der Waals surface area contributed by atoms with Crippen LogP contribution in [0, 0.1) is 13.8 Å². The molecule has 0 atom stereocenters. The number of amides is 3. The largest absolute Gasteiger partial charge is 0.347 e. The van der Waals surface area contributed by atoms with Crippen molar-refractivity contribution < 1.29 is 19.3 Å². The first-order chi connectivity index (χ1) is 13.5. The highest BCUT2D eigenvalue weighted by molar-refractivity contribution is 5.96. The predicted molar refractivity (Wildman–Crippen MR) is 113 cm³/mol. The number of nitrogens with one attached hydrogen (secondary N) is 2. The Morgan fingerprint density at radius 2 is 1.72 bits per heavy atom. The molecule has 1 saturated heterocycles. The molecule has 2 rings (SSSR count). The van der Waals surface area contributed by atoms with Crippen molar-refractivity contribution in [1.82, 2.24) is 15.1 Å². The zero-order valence-corrected chi connectivity index (χ0v) is 18.6. The molecule has 0 radical (unpaired) electrons. The third-order valence-electron chi connectivity index (χ3n) is 5.22. The van der Waals surface area contributed by atoms with Gasteiger partial charge in [-0.05, 0) is 57.9 Å². The summed E-state index contributed by atoms with van der Waals surface area (Å²) in [7, 11) is 1.66. The van der Waals surface area contributed by atoms with E-state index in [4.69, 9.17) is 0 Å². The molecule has 0 aromatic heterocycles. The van der Waals surface area contributed by atoms with Crippen LogP contribution < -0.4 is 10.2 Å². The number of quaternary nitrogens is 1. The van der Waals surface area contributed by atoms with Crippen molar-refractivity contribution in [2.24, 2.45) is 0 Å². The van der Waals surface area contributed by atoms with E-state index in [1.165, 1.54) is 9.80 Å². The topological polar surface area (TPSA) is 74.2 Å². The molecule has 0 spiro atoms. The van der Waals surface area contributed by atoms with Gasteiger partial charge in [0.05, 0.1) is 32.7 Å². The standard InChI is InChI=1S/C22H34N4O3/c1-16-7-8-18(13-17(16)2)21(29)24(6)15-20(28)26-11-9-25(10-12-26)14-19(27)23-22(3,4)5/h7-8,13H,9-12,14-15H2,1-6H3,(H,23,27)/p+1. The van der Waals surface area contributed by atoms with Crippen LogP contribution in [-0.4, -0.2) is 79.4 Å². The minimum Gasteiger partial charge on any atom is -0.347 e. The number of benzene rings is 1. The second-order valence-corrected chi connectivity index (χ2v) is 9.07. The van der Waals surface area contributed by atoms with Gasteiger partial charge in [-0.25, -0.2) is 0 Å². The number of likely N-dealkylation sites (N-methyl/N-ethyl adjacent to an activating group) is 1. The Balaban J connectivity index is 1.82. The fourth-order valence-electron chi connectivity index (χ4n) is 3.41. The number of carbonyl (C=O) groups is 3. The molecule has 0 aliphatic carbocycles. The molecule has 1 aliphatic heterocycles. The molecule has 7 nitrogen and oxygen atoms in total. The average Bonchev–Trinajstić information content (AvgIpc) is 2.62. The zero-order chi connectivity index (χ0) is 21.8. The summed E-state index contributed by atoms with van der Waals surface area (Å²) in [6, 6.07) is 5.59. The monoisotopic (exact) mass is 403 g/mol. The van der Waals surface area contributed by atoms with Gasteiger partial charge < -0.3 is 20.0 Å². The van der Waals surface area contributed by atoms with Gasteiger partial charge in [0.25, 0.3) is 11.8 Å². The SMILES string of the molecule is Cc1ccc(C(=O)N(C)CC(=O)N2CC[NH+](CC(=O)NC(C)(C)C)CC2)cc1C. The maximum Gasteiger partial charge on any atom is 0.275 e. The normalized spacial score (nSPS) is 15.2. The van der Waals surface area contributed by atoms with Crippen LogP contribution in [0.2, 0.25) is 0 Å². The summed E-state index contributed by atoms with van der Waals surface area (Å²) in [6.07, 6.45) is 0. The summed E-state index contributed by atoms with van der Waals surface area (Å²) in [5.41, 5.74) is 2.56. The van der Waals surface area contributed by atoms with Gasteiger partial charge in [-0.1, -0.05) is 6.07 Å². The van der Waals surface area contributed by atoms with Crippen molar-refractivity contribution >= 4 is 17.7 Å². The molecule has 29 heavy (non-hydrogen) atoms. The lowest BCUT2D eigenvalue weighted by atomic mass is 10.1. The van der Waals surface area contributed by atoms with Crippen molar-refractivity contribution in [3.63, 3.8) is 0 Å². The van der Waals surface area contributed by atoms with Gasteiger partial charge >= 0.3 is 0 Å². The van der Waals surface area contributed by atoms with Crippen molar-refractivity contribution in [3.05, 3.63) is 34.9 Å². The van der Waals surface area contributed by atoms with Gasteiger partial charge in [0, 0.05) is 18.2 Å². The van der Waals surface area contributed by atoms with Crippen molar-refractivity contribution in [2.45, 2.75) is 40.2 Å². The van der Waals surface area contributed by atoms with Crippen LogP contribution in [0.15, 0.2) is 18.2 Å². The zero-order valence-electron chi connectivity index (χ0n) is 18.6. The van der Waals surface area contributed by atoms with E-state index in [1.807, 2.05) is 46.8 Å². The highest BCUT2D eigenvalue weighted by Crippen LogP contribution is 2.11. The summed E-state index contributed by atoms with van der Waals surface area (Å²) >= 11 is 0. The minimum atomic E-state index is -0.235. The fourth-order valence-corrected chi connectivity index (χ4v) is 3.41. The lowest BCUT2D eigenvalue weighted by molar-refractivity contribution is -0.896. The van der Waals surface area contributed by atoms with Gasteiger partial charge in [-0.2, -0.15) is 0 Å². The number of hydrogen-bond acceptors (Lipinski definition) is 3. The summed E-state index contributed by atoms with van der Waals surface area (Å²) in [4.78, 5) is 41.8. The quantitative estimate of drug-likeness (QED) is 0.728. The third kappa shape index (κ3) is 6.85. The molecular weight excluding hydrogens is 368 g/mol. The number of rotatable bonds is 5. The van der Waals surface area contributed by atoms with Crippen LogP contribution in [0.5, 0.6) is 0 Å². The van der Waals surface area contributed by atoms with Crippen molar-refractivity contribution in [2.75, 3.05) is 46.3 Å². The van der Waals surface area contributed by atoms with E-state index in [2.05, 4.69) is 5.32 Å². The Morgan fingerprint density at radius 3 is 2.28 bits per heavy atom. The number of piperazine rings is 1. The van der Waals surface area contributed by atoms with Crippen LogP contribution in [0.4, 0.5) is 0 Å². The Hall–Kier alpha value is -2.41. The molecule has 7 heteroatoms. The Bertz CT molecular complexity index is 762. The van der Waals surface area contributed by atoms with Crippen LogP contribution in [-0.2, 0) is 9.59 Å². The fraction of sp³-hybridized carbons (Fsp3) is 0.591. The predicted octanol–water partition coefficient (Wildman–Crippen LogP) is 0.0172. The van der Waals surface area contributed by atoms with E-state index in [9.17, 15) is 14.4 Å². The minimum absolute atomic E-state index is 0.0333. The van der Waals surface area contributed by atoms with E-state index >= 15 is 0 Å². The van der Waals surface area contributed by atoms with E-state index in [-0.39, 0.29) is 29.8 Å². The van der Waals surface area contributed by atoms with Crippen molar-refractivity contribution in [3.8, 4) is 0 Å². The second kappa shape index (κ2) is 9.39. The number of hydrogen-bond donors (Lipinski definition) is 2. The summed E-state index contributed by atoms with van der Waals surface area (Å²) in [5, 5.41) is 2.98. The first-order valence-corrected chi connectivity index (χ1v) is 10.2.